The molecule has 1 amide bonds. The first-order valence-electron chi connectivity index (χ1n) is 9.86. The number of nitrogens with two attached hydrogens (primary N) is 1. The molecule has 0 aliphatic heterocycles. The maximum Gasteiger partial charge on any atom is 0.300 e. The van der Waals surface area contributed by atoms with Gasteiger partial charge in [-0.3, -0.25) is 4.79 Å². The van der Waals surface area contributed by atoms with Crippen LogP contribution in [0.5, 0.6) is 17.2 Å². The molecule has 0 saturated heterocycles. The van der Waals surface area contributed by atoms with Crippen LogP contribution in [0.25, 0.3) is 22.2 Å². The van der Waals surface area contributed by atoms with Gasteiger partial charge in [0.2, 0.25) is 11.7 Å². The van der Waals surface area contributed by atoms with Crippen LogP contribution in [0.15, 0.2) is 59.0 Å². The lowest BCUT2D eigenvalue weighted by Gasteiger charge is -2.14. The molecule has 0 aliphatic rings. The first-order valence-corrected chi connectivity index (χ1v) is 9.86. The minimum absolute atomic E-state index is 0.175. The maximum atomic E-state index is 11.3. The second kappa shape index (κ2) is 8.89. The van der Waals surface area contributed by atoms with E-state index >= 15 is 0 Å². The van der Waals surface area contributed by atoms with E-state index in [0.717, 1.165) is 16.7 Å². The molecule has 32 heavy (non-hydrogen) atoms. The second-order valence-corrected chi connectivity index (χ2v) is 7.06. The van der Waals surface area contributed by atoms with Crippen LogP contribution in [0, 0.1) is 0 Å². The number of primary amides is 1. The minimum Gasteiger partial charge on any atom is -0.493 e. The van der Waals surface area contributed by atoms with Crippen molar-refractivity contribution < 1.29 is 23.4 Å². The van der Waals surface area contributed by atoms with Gasteiger partial charge in [0.25, 0.3) is 6.01 Å². The average molecular weight is 433 g/mol. The zero-order valence-corrected chi connectivity index (χ0v) is 18.0. The lowest BCUT2D eigenvalue weighted by atomic mass is 10.0. The molecule has 4 aromatic rings. The number of carbonyl (C=O) groups excluding carboxylic acids is 1. The highest BCUT2D eigenvalue weighted by atomic mass is 16.5. The Morgan fingerprint density at radius 3 is 2.38 bits per heavy atom. The lowest BCUT2D eigenvalue weighted by Crippen LogP contribution is -2.13. The van der Waals surface area contributed by atoms with Gasteiger partial charge in [0.1, 0.15) is 5.52 Å². The van der Waals surface area contributed by atoms with E-state index in [9.17, 15) is 4.79 Å². The van der Waals surface area contributed by atoms with Crippen molar-refractivity contribution in [2.45, 2.75) is 6.42 Å². The summed E-state index contributed by atoms with van der Waals surface area (Å²) in [5, 5.41) is 3.16. The van der Waals surface area contributed by atoms with Crippen LogP contribution in [0.4, 0.5) is 11.7 Å². The van der Waals surface area contributed by atoms with Crippen LogP contribution in [0.1, 0.15) is 5.56 Å². The first-order chi connectivity index (χ1) is 15.5. The summed E-state index contributed by atoms with van der Waals surface area (Å²) in [6, 6.07) is 17.2. The Hall–Kier alpha value is -4.20. The molecule has 8 heteroatoms. The molecule has 0 unspecified atom stereocenters. The molecule has 0 aliphatic carbocycles. The fraction of sp³-hybridized carbons (Fsp3) is 0.167. The Morgan fingerprint density at radius 2 is 1.72 bits per heavy atom. The number of methoxy groups -OCH3 is 3. The van der Waals surface area contributed by atoms with Crippen molar-refractivity contribution in [2.24, 2.45) is 5.73 Å². The SMILES string of the molecule is COc1cc(Nc2nc3cccc(-c4cccc(CC(N)=O)c4)c3o2)cc(OC)c1OC. The highest BCUT2D eigenvalue weighted by Gasteiger charge is 2.16. The van der Waals surface area contributed by atoms with Crippen LogP contribution >= 0.6 is 0 Å². The number of benzene rings is 3. The number of carbonyl (C=O) groups is 1. The van der Waals surface area contributed by atoms with Crippen LogP contribution in [0.3, 0.4) is 0 Å². The predicted octanol–water partition coefficient (Wildman–Crippen LogP) is 4.29. The number of nitrogens with one attached hydrogen (secondary N) is 1. The Morgan fingerprint density at radius 1 is 1.00 bits per heavy atom. The van der Waals surface area contributed by atoms with Crippen molar-refractivity contribution in [3.8, 4) is 28.4 Å². The second-order valence-electron chi connectivity index (χ2n) is 7.06. The number of hydrogen-bond donors (Lipinski definition) is 2. The topological polar surface area (TPSA) is 109 Å². The van der Waals surface area contributed by atoms with E-state index in [1.807, 2.05) is 42.5 Å². The summed E-state index contributed by atoms with van der Waals surface area (Å²) in [6.07, 6.45) is 0.175. The standard InChI is InChI=1S/C24H23N3O5/c1-29-19-12-16(13-20(30-2)23(19)31-3)26-24-27-18-9-5-8-17(22(18)32-24)15-7-4-6-14(10-15)11-21(25)28/h4-10,12-13H,11H2,1-3H3,(H2,25,28)(H,26,27). The molecule has 0 atom stereocenters. The molecule has 3 N–H and O–H groups in total. The van der Waals surface area contributed by atoms with E-state index < -0.39 is 0 Å². The third-order valence-electron chi connectivity index (χ3n) is 4.95. The zero-order valence-electron chi connectivity index (χ0n) is 18.0. The Bertz CT molecular complexity index is 1260. The van der Waals surface area contributed by atoms with Gasteiger partial charge in [0.15, 0.2) is 17.1 Å². The van der Waals surface area contributed by atoms with Crippen molar-refractivity contribution in [3.05, 3.63) is 60.2 Å². The number of hydrogen-bond acceptors (Lipinski definition) is 7. The number of fused-ring (bicyclic) bond motifs is 1. The summed E-state index contributed by atoms with van der Waals surface area (Å²) in [5.41, 5.74) is 9.92. The quantitative estimate of drug-likeness (QED) is 0.427. The fourth-order valence-electron chi connectivity index (χ4n) is 3.56. The maximum absolute atomic E-state index is 11.3. The molecule has 164 valence electrons. The fourth-order valence-corrected chi connectivity index (χ4v) is 3.56. The summed E-state index contributed by atoms with van der Waals surface area (Å²) < 4.78 is 22.2. The number of rotatable bonds is 8. The van der Waals surface area contributed by atoms with Gasteiger partial charge in [-0.1, -0.05) is 36.4 Å². The van der Waals surface area contributed by atoms with Crippen LogP contribution in [-0.2, 0) is 11.2 Å². The third kappa shape index (κ3) is 4.15. The van der Waals surface area contributed by atoms with E-state index in [1.165, 1.54) is 0 Å². The van der Waals surface area contributed by atoms with E-state index in [0.29, 0.717) is 40.1 Å². The van der Waals surface area contributed by atoms with Crippen molar-refractivity contribution in [1.82, 2.24) is 4.98 Å². The van der Waals surface area contributed by atoms with Crippen molar-refractivity contribution >= 4 is 28.7 Å². The van der Waals surface area contributed by atoms with Crippen molar-refractivity contribution in [2.75, 3.05) is 26.6 Å². The van der Waals surface area contributed by atoms with Gasteiger partial charge in [0, 0.05) is 23.4 Å². The highest BCUT2D eigenvalue weighted by Crippen LogP contribution is 2.41. The van der Waals surface area contributed by atoms with Gasteiger partial charge >= 0.3 is 0 Å². The summed E-state index contributed by atoms with van der Waals surface area (Å²) >= 11 is 0. The molecule has 4 rings (SSSR count). The van der Waals surface area contributed by atoms with E-state index in [2.05, 4.69) is 10.3 Å². The van der Waals surface area contributed by atoms with Gasteiger partial charge in [-0.15, -0.1) is 0 Å². The smallest absolute Gasteiger partial charge is 0.300 e. The third-order valence-corrected chi connectivity index (χ3v) is 4.95. The first kappa shape index (κ1) is 21.0. The number of oxazole rings is 1. The predicted molar refractivity (Wildman–Crippen MR) is 122 cm³/mol. The Balaban J connectivity index is 1.71. The average Bonchev–Trinajstić information content (AvgIpc) is 3.20. The van der Waals surface area contributed by atoms with Crippen LogP contribution < -0.4 is 25.3 Å². The molecule has 0 bridgehead atoms. The number of amides is 1. The number of anilines is 2. The van der Waals surface area contributed by atoms with Crippen molar-refractivity contribution in [3.63, 3.8) is 0 Å². The van der Waals surface area contributed by atoms with Gasteiger partial charge < -0.3 is 29.7 Å². The largest absolute Gasteiger partial charge is 0.493 e. The Kier molecular flexibility index (Phi) is 5.85. The highest BCUT2D eigenvalue weighted by molar-refractivity contribution is 5.91. The minimum atomic E-state index is -0.378. The van der Waals surface area contributed by atoms with Gasteiger partial charge in [-0.2, -0.15) is 4.98 Å². The number of ether oxygens (including phenoxy) is 3. The van der Waals surface area contributed by atoms with E-state index in [-0.39, 0.29) is 12.3 Å². The molecule has 0 spiro atoms. The van der Waals surface area contributed by atoms with Crippen molar-refractivity contribution in [1.29, 1.82) is 0 Å². The summed E-state index contributed by atoms with van der Waals surface area (Å²) in [7, 11) is 4.66. The molecular formula is C24H23N3O5. The molecule has 8 nitrogen and oxygen atoms in total. The number of aromatic nitrogens is 1. The molecule has 3 aromatic carbocycles. The normalized spacial score (nSPS) is 10.7. The zero-order chi connectivity index (χ0) is 22.7. The van der Waals surface area contributed by atoms with E-state index in [1.54, 1.807) is 33.5 Å². The molecule has 0 saturated carbocycles. The molecule has 1 heterocycles. The molecule has 0 fully saturated rings. The van der Waals surface area contributed by atoms with E-state index in [4.69, 9.17) is 24.4 Å². The summed E-state index contributed by atoms with van der Waals surface area (Å²) in [5.74, 6) is 1.14. The Labute approximate surface area is 184 Å². The number of para-hydroxylation sites is 1. The molecular weight excluding hydrogens is 410 g/mol. The molecule has 0 radical (unpaired) electrons. The summed E-state index contributed by atoms with van der Waals surface area (Å²) in [4.78, 5) is 15.9. The van der Waals surface area contributed by atoms with Crippen LogP contribution in [0.2, 0.25) is 0 Å². The summed E-state index contributed by atoms with van der Waals surface area (Å²) in [6.45, 7) is 0. The van der Waals surface area contributed by atoms with Gasteiger partial charge in [-0.25, -0.2) is 0 Å². The molecule has 1 aromatic heterocycles. The van der Waals surface area contributed by atoms with Gasteiger partial charge in [-0.05, 0) is 17.2 Å². The monoisotopic (exact) mass is 433 g/mol. The van der Waals surface area contributed by atoms with Gasteiger partial charge in [0.05, 0.1) is 27.8 Å². The van der Waals surface area contributed by atoms with Crippen LogP contribution in [-0.4, -0.2) is 32.2 Å². The number of nitrogens with zero attached hydrogens (tertiary/aromatic N) is 1. The lowest BCUT2D eigenvalue weighted by molar-refractivity contribution is -0.117.